The molecule has 0 radical (unpaired) electrons. The van der Waals surface area contributed by atoms with Crippen molar-refractivity contribution in [1.29, 1.82) is 0 Å². The van der Waals surface area contributed by atoms with Crippen molar-refractivity contribution in [3.05, 3.63) is 0 Å². The van der Waals surface area contributed by atoms with Gasteiger partial charge in [0, 0.05) is 5.71 Å². The number of rotatable bonds is 1. The van der Waals surface area contributed by atoms with E-state index in [-0.39, 0.29) is 0 Å². The Morgan fingerprint density at radius 3 is 2.86 bits per heavy atom. The first-order valence-electron chi connectivity index (χ1n) is 4.75. The van der Waals surface area contributed by atoms with Crippen LogP contribution in [0.15, 0.2) is 5.10 Å². The molecule has 5 nitrogen and oxygen atoms in total. The molecule has 5 heteroatoms. The molecule has 0 aromatic heterocycles. The maximum Gasteiger partial charge on any atom is 0.329 e. The maximum absolute atomic E-state index is 10.8. The van der Waals surface area contributed by atoms with E-state index in [1.165, 1.54) is 6.42 Å². The highest BCUT2D eigenvalue weighted by molar-refractivity contribution is 6.34. The number of hydrogen-bond donors (Lipinski definition) is 2. The fourth-order valence-corrected chi connectivity index (χ4v) is 1.55. The Morgan fingerprint density at radius 1 is 1.57 bits per heavy atom. The monoisotopic (exact) mass is 197 g/mol. The Balaban J connectivity index is 2.43. The zero-order chi connectivity index (χ0) is 10.6. The van der Waals surface area contributed by atoms with E-state index in [1.807, 2.05) is 0 Å². The van der Waals surface area contributed by atoms with Crippen LogP contribution in [0, 0.1) is 5.92 Å². The zero-order valence-electron chi connectivity index (χ0n) is 8.25. The van der Waals surface area contributed by atoms with Crippen molar-refractivity contribution >= 4 is 17.5 Å². The second kappa shape index (κ2) is 4.74. The van der Waals surface area contributed by atoms with Crippen LogP contribution in [-0.2, 0) is 9.59 Å². The number of hydrogen-bond acceptors (Lipinski definition) is 3. The summed E-state index contributed by atoms with van der Waals surface area (Å²) < 4.78 is 0. The van der Waals surface area contributed by atoms with Crippen LogP contribution in [-0.4, -0.2) is 17.5 Å². The molecule has 78 valence electrons. The number of carbonyl (C=O) groups excluding carboxylic acids is 2. The van der Waals surface area contributed by atoms with Gasteiger partial charge in [0.05, 0.1) is 0 Å². The lowest BCUT2D eigenvalue weighted by Gasteiger charge is -2.18. The number of primary amides is 1. The summed E-state index contributed by atoms with van der Waals surface area (Å²) in [6, 6.07) is 0. The van der Waals surface area contributed by atoms with E-state index in [1.54, 1.807) is 0 Å². The molecule has 2 amide bonds. The molecular formula is C9H15N3O2. The number of nitrogens with zero attached hydrogens (tertiary/aromatic N) is 1. The maximum atomic E-state index is 10.8. The molecule has 0 aromatic carbocycles. The van der Waals surface area contributed by atoms with Gasteiger partial charge in [-0.1, -0.05) is 6.92 Å². The van der Waals surface area contributed by atoms with E-state index < -0.39 is 11.8 Å². The minimum absolute atomic E-state index is 0.605. The van der Waals surface area contributed by atoms with Crippen molar-refractivity contribution in [1.82, 2.24) is 5.43 Å². The Kier molecular flexibility index (Phi) is 3.62. The highest BCUT2D eigenvalue weighted by Gasteiger charge is 2.14. The van der Waals surface area contributed by atoms with Gasteiger partial charge in [0.2, 0.25) is 0 Å². The molecular weight excluding hydrogens is 182 g/mol. The number of carbonyl (C=O) groups is 2. The fourth-order valence-electron chi connectivity index (χ4n) is 1.55. The molecule has 0 heterocycles. The molecule has 1 saturated carbocycles. The normalized spacial score (nSPS) is 24.6. The summed E-state index contributed by atoms with van der Waals surface area (Å²) in [6.07, 6.45) is 4.07. The number of amides is 2. The van der Waals surface area contributed by atoms with E-state index >= 15 is 0 Å². The standard InChI is InChI=1S/C9H15N3O2/c1-6-3-2-4-7(5-6)11-12-9(14)8(10)13/h6H,2-5H2,1H3,(H2,10,13)(H,12,14)/t6-/m1/s1. The van der Waals surface area contributed by atoms with Crippen LogP contribution >= 0.6 is 0 Å². The minimum atomic E-state index is -1.00. The van der Waals surface area contributed by atoms with Gasteiger partial charge in [-0.3, -0.25) is 9.59 Å². The molecule has 3 N–H and O–H groups in total. The molecule has 1 rings (SSSR count). The molecule has 1 aliphatic rings. The van der Waals surface area contributed by atoms with Gasteiger partial charge in [-0.05, 0) is 31.6 Å². The van der Waals surface area contributed by atoms with Gasteiger partial charge in [-0.25, -0.2) is 5.43 Å². The van der Waals surface area contributed by atoms with E-state index in [2.05, 4.69) is 17.5 Å². The second-order valence-electron chi connectivity index (χ2n) is 3.68. The third-order valence-corrected chi connectivity index (χ3v) is 2.29. The molecule has 0 aliphatic heterocycles. The third kappa shape index (κ3) is 3.16. The average Bonchev–Trinajstić information content (AvgIpc) is 2.14. The zero-order valence-corrected chi connectivity index (χ0v) is 8.25. The van der Waals surface area contributed by atoms with Crippen LogP contribution in [0.1, 0.15) is 32.6 Å². The SMILES string of the molecule is C[C@@H]1CCCC(=NNC(=O)C(N)=O)C1. The van der Waals surface area contributed by atoms with Gasteiger partial charge in [-0.2, -0.15) is 5.10 Å². The lowest BCUT2D eigenvalue weighted by Crippen LogP contribution is -2.33. The van der Waals surface area contributed by atoms with Crippen LogP contribution in [0.5, 0.6) is 0 Å². The van der Waals surface area contributed by atoms with Crippen LogP contribution in [0.2, 0.25) is 0 Å². The molecule has 0 unspecified atom stereocenters. The topological polar surface area (TPSA) is 84.6 Å². The lowest BCUT2D eigenvalue weighted by atomic mass is 9.89. The summed E-state index contributed by atoms with van der Waals surface area (Å²) in [5.74, 6) is -1.25. The summed E-state index contributed by atoms with van der Waals surface area (Å²) in [4.78, 5) is 21.2. The van der Waals surface area contributed by atoms with Crippen LogP contribution in [0.3, 0.4) is 0 Å². The minimum Gasteiger partial charge on any atom is -0.361 e. The molecule has 1 fully saturated rings. The van der Waals surface area contributed by atoms with Gasteiger partial charge >= 0.3 is 11.8 Å². The van der Waals surface area contributed by atoms with Crippen molar-refractivity contribution in [2.24, 2.45) is 16.8 Å². The van der Waals surface area contributed by atoms with Crippen molar-refractivity contribution in [3.8, 4) is 0 Å². The van der Waals surface area contributed by atoms with Gasteiger partial charge in [0.15, 0.2) is 0 Å². The number of hydrazone groups is 1. The van der Waals surface area contributed by atoms with E-state index in [4.69, 9.17) is 5.73 Å². The summed E-state index contributed by atoms with van der Waals surface area (Å²) in [7, 11) is 0. The molecule has 1 aliphatic carbocycles. The first-order chi connectivity index (χ1) is 6.59. The van der Waals surface area contributed by atoms with Crippen LogP contribution < -0.4 is 11.2 Å². The Bertz CT molecular complexity index is 273. The molecule has 14 heavy (non-hydrogen) atoms. The van der Waals surface area contributed by atoms with Gasteiger partial charge in [-0.15, -0.1) is 0 Å². The first kappa shape index (κ1) is 10.7. The van der Waals surface area contributed by atoms with E-state index in [9.17, 15) is 9.59 Å². The van der Waals surface area contributed by atoms with Crippen molar-refractivity contribution in [2.45, 2.75) is 32.6 Å². The Labute approximate surface area is 82.7 Å². The third-order valence-electron chi connectivity index (χ3n) is 2.29. The smallest absolute Gasteiger partial charge is 0.329 e. The quantitative estimate of drug-likeness (QED) is 0.463. The fraction of sp³-hybridized carbons (Fsp3) is 0.667. The van der Waals surface area contributed by atoms with Gasteiger partial charge in [0.25, 0.3) is 0 Å². The van der Waals surface area contributed by atoms with E-state index in [0.717, 1.165) is 25.0 Å². The largest absolute Gasteiger partial charge is 0.361 e. The summed E-state index contributed by atoms with van der Waals surface area (Å²) in [6.45, 7) is 2.14. The van der Waals surface area contributed by atoms with Gasteiger partial charge in [0.1, 0.15) is 0 Å². The lowest BCUT2D eigenvalue weighted by molar-refractivity contribution is -0.137. The summed E-state index contributed by atoms with van der Waals surface area (Å²) >= 11 is 0. The highest BCUT2D eigenvalue weighted by atomic mass is 16.2. The number of nitrogens with two attached hydrogens (primary N) is 1. The summed E-state index contributed by atoms with van der Waals surface area (Å²) in [5.41, 5.74) is 7.85. The predicted molar refractivity (Wildman–Crippen MR) is 52.4 cm³/mol. The van der Waals surface area contributed by atoms with Crippen molar-refractivity contribution in [2.75, 3.05) is 0 Å². The van der Waals surface area contributed by atoms with Gasteiger partial charge < -0.3 is 5.73 Å². The molecule has 0 bridgehead atoms. The highest BCUT2D eigenvalue weighted by Crippen LogP contribution is 2.20. The van der Waals surface area contributed by atoms with Crippen LogP contribution in [0.25, 0.3) is 0 Å². The second-order valence-corrected chi connectivity index (χ2v) is 3.68. The molecule has 0 saturated heterocycles. The molecule has 0 spiro atoms. The molecule has 0 aromatic rings. The predicted octanol–water partition coefficient (Wildman–Crippen LogP) is 0.154. The van der Waals surface area contributed by atoms with Crippen molar-refractivity contribution in [3.63, 3.8) is 0 Å². The van der Waals surface area contributed by atoms with E-state index in [0.29, 0.717) is 5.92 Å². The summed E-state index contributed by atoms with van der Waals surface area (Å²) in [5, 5.41) is 3.87. The average molecular weight is 197 g/mol. The first-order valence-corrected chi connectivity index (χ1v) is 4.75. The van der Waals surface area contributed by atoms with Crippen molar-refractivity contribution < 1.29 is 9.59 Å². The van der Waals surface area contributed by atoms with Crippen LogP contribution in [0.4, 0.5) is 0 Å². The molecule has 1 atom stereocenters. The number of nitrogens with one attached hydrogen (secondary N) is 1. The Hall–Kier alpha value is -1.39. The Morgan fingerprint density at radius 2 is 2.29 bits per heavy atom.